The van der Waals surface area contributed by atoms with Crippen LogP contribution in [0.2, 0.25) is 0 Å². The van der Waals surface area contributed by atoms with E-state index in [9.17, 15) is 0 Å². The van der Waals surface area contributed by atoms with E-state index in [0.29, 0.717) is 11.8 Å². The Bertz CT molecular complexity index is 160. The molecule has 92 valence electrons. The summed E-state index contributed by atoms with van der Waals surface area (Å²) in [5, 5.41) is 8.87. The molecule has 0 atom stereocenters. The average molecular weight is 216 g/mol. The van der Waals surface area contributed by atoms with Crippen LogP contribution in [0.15, 0.2) is 0 Å². The predicted octanol–water partition coefficient (Wildman–Crippen LogP) is 3.38. The van der Waals surface area contributed by atoms with E-state index in [-0.39, 0.29) is 12.2 Å². The molecular weight excluding hydrogens is 188 g/mol. The van der Waals surface area contributed by atoms with Gasteiger partial charge >= 0.3 is 0 Å². The summed E-state index contributed by atoms with van der Waals surface area (Å²) in [6, 6.07) is 0. The second-order valence-electron chi connectivity index (χ2n) is 5.35. The maximum absolute atomic E-state index is 8.87. The Morgan fingerprint density at radius 3 is 1.93 bits per heavy atom. The maximum atomic E-state index is 8.87. The van der Waals surface area contributed by atoms with Crippen molar-refractivity contribution >= 4 is 0 Å². The molecule has 2 heteroatoms. The number of aliphatic hydroxyl groups is 1. The molecule has 0 unspecified atom stereocenters. The summed E-state index contributed by atoms with van der Waals surface area (Å²) in [6.45, 7) is 11.9. The zero-order valence-electron chi connectivity index (χ0n) is 11.1. The molecule has 0 saturated heterocycles. The Kier molecular flexibility index (Phi) is 6.46. The quantitative estimate of drug-likeness (QED) is 0.674. The van der Waals surface area contributed by atoms with Crippen molar-refractivity contribution < 1.29 is 9.84 Å². The van der Waals surface area contributed by atoms with Crippen molar-refractivity contribution in [1.29, 1.82) is 0 Å². The van der Waals surface area contributed by atoms with Gasteiger partial charge in [-0.25, -0.2) is 0 Å². The van der Waals surface area contributed by atoms with Crippen molar-refractivity contribution in [2.45, 2.75) is 65.9 Å². The average Bonchev–Trinajstić information content (AvgIpc) is 2.17. The van der Waals surface area contributed by atoms with Gasteiger partial charge in [0.25, 0.3) is 0 Å². The normalized spacial score (nSPS) is 13.2. The fourth-order valence-electron chi connectivity index (χ4n) is 1.52. The van der Waals surface area contributed by atoms with Crippen molar-refractivity contribution in [2.24, 2.45) is 5.41 Å². The minimum absolute atomic E-state index is 0.183. The molecule has 0 aliphatic heterocycles. The Morgan fingerprint density at radius 1 is 1.00 bits per heavy atom. The molecular formula is C13H28O2. The number of ether oxygens (including phenoxy) is 1. The maximum Gasteiger partial charge on any atom is 0.0648 e. The van der Waals surface area contributed by atoms with Gasteiger partial charge in [-0.3, -0.25) is 0 Å². The second kappa shape index (κ2) is 6.49. The highest BCUT2D eigenvalue weighted by atomic mass is 16.5. The molecule has 0 heterocycles. The molecule has 0 bridgehead atoms. The molecule has 0 rings (SSSR count). The van der Waals surface area contributed by atoms with Crippen LogP contribution in [0.25, 0.3) is 0 Å². The largest absolute Gasteiger partial charge is 0.396 e. The molecule has 0 aromatic heterocycles. The fraction of sp³-hybridized carbons (Fsp3) is 1.00. The van der Waals surface area contributed by atoms with Gasteiger partial charge in [0, 0.05) is 13.2 Å². The first-order valence-corrected chi connectivity index (χ1v) is 6.14. The fourth-order valence-corrected chi connectivity index (χ4v) is 1.52. The Labute approximate surface area is 95.0 Å². The number of hydrogen-bond acceptors (Lipinski definition) is 2. The van der Waals surface area contributed by atoms with E-state index in [1.165, 1.54) is 12.8 Å². The van der Waals surface area contributed by atoms with Gasteiger partial charge in [0.15, 0.2) is 0 Å². The molecule has 1 N–H and O–H groups in total. The monoisotopic (exact) mass is 216 g/mol. The van der Waals surface area contributed by atoms with Crippen molar-refractivity contribution in [1.82, 2.24) is 0 Å². The van der Waals surface area contributed by atoms with Crippen LogP contribution in [-0.2, 0) is 4.74 Å². The molecule has 0 aromatic rings. The summed E-state index contributed by atoms with van der Waals surface area (Å²) in [5.74, 6) is 0. The third kappa shape index (κ3) is 6.16. The summed E-state index contributed by atoms with van der Waals surface area (Å²) in [6.07, 6.45) is 4.22. The predicted molar refractivity (Wildman–Crippen MR) is 65.0 cm³/mol. The number of rotatable bonds is 8. The standard InChI is InChI=1S/C13H28O2/c1-6-13(5,7-2)9-11-15-12(3,4)8-10-14/h14H,6-11H2,1-5H3. The summed E-state index contributed by atoms with van der Waals surface area (Å²) in [5.41, 5.74) is 0.229. The first-order chi connectivity index (χ1) is 6.89. The van der Waals surface area contributed by atoms with Crippen molar-refractivity contribution in [3.63, 3.8) is 0 Å². The van der Waals surface area contributed by atoms with Gasteiger partial charge in [0.2, 0.25) is 0 Å². The SMILES string of the molecule is CCC(C)(CC)CCOC(C)(C)CCO. The molecule has 0 aromatic carbocycles. The van der Waals surface area contributed by atoms with Gasteiger partial charge < -0.3 is 9.84 Å². The lowest BCUT2D eigenvalue weighted by Crippen LogP contribution is -2.28. The van der Waals surface area contributed by atoms with Crippen LogP contribution in [0, 0.1) is 5.41 Å². The third-order valence-electron chi connectivity index (χ3n) is 3.62. The van der Waals surface area contributed by atoms with E-state index in [0.717, 1.165) is 13.0 Å². The van der Waals surface area contributed by atoms with Gasteiger partial charge in [-0.15, -0.1) is 0 Å². The molecule has 0 fully saturated rings. The molecule has 0 saturated carbocycles. The van der Waals surface area contributed by atoms with Crippen molar-refractivity contribution in [2.75, 3.05) is 13.2 Å². The lowest BCUT2D eigenvalue weighted by Gasteiger charge is -2.30. The summed E-state index contributed by atoms with van der Waals surface area (Å²) < 4.78 is 5.81. The lowest BCUT2D eigenvalue weighted by atomic mass is 9.82. The molecule has 15 heavy (non-hydrogen) atoms. The van der Waals surface area contributed by atoms with Crippen LogP contribution in [0.5, 0.6) is 0 Å². The zero-order chi connectivity index (χ0) is 11.9. The molecule has 0 aliphatic rings. The lowest BCUT2D eigenvalue weighted by molar-refractivity contribution is -0.0441. The first-order valence-electron chi connectivity index (χ1n) is 6.14. The van der Waals surface area contributed by atoms with Crippen LogP contribution in [-0.4, -0.2) is 23.9 Å². The Morgan fingerprint density at radius 2 is 1.53 bits per heavy atom. The van der Waals surface area contributed by atoms with Gasteiger partial charge in [-0.1, -0.05) is 33.6 Å². The Balaban J connectivity index is 3.87. The van der Waals surface area contributed by atoms with Crippen LogP contribution in [0.4, 0.5) is 0 Å². The molecule has 2 nitrogen and oxygen atoms in total. The molecule has 0 amide bonds. The van der Waals surface area contributed by atoms with Crippen LogP contribution < -0.4 is 0 Å². The van der Waals surface area contributed by atoms with E-state index in [1.54, 1.807) is 0 Å². The van der Waals surface area contributed by atoms with E-state index in [1.807, 2.05) is 13.8 Å². The summed E-state index contributed by atoms with van der Waals surface area (Å²) in [4.78, 5) is 0. The molecule has 0 spiro atoms. The van der Waals surface area contributed by atoms with Crippen molar-refractivity contribution in [3.8, 4) is 0 Å². The highest BCUT2D eigenvalue weighted by Crippen LogP contribution is 2.30. The number of aliphatic hydroxyl groups excluding tert-OH is 1. The minimum Gasteiger partial charge on any atom is -0.396 e. The number of hydrogen-bond donors (Lipinski definition) is 1. The molecule has 0 aliphatic carbocycles. The summed E-state index contributed by atoms with van der Waals surface area (Å²) in [7, 11) is 0. The van der Waals surface area contributed by atoms with E-state index in [2.05, 4.69) is 20.8 Å². The Hall–Kier alpha value is -0.0800. The minimum atomic E-state index is -0.183. The van der Waals surface area contributed by atoms with E-state index >= 15 is 0 Å². The highest BCUT2D eigenvalue weighted by molar-refractivity contribution is 4.72. The van der Waals surface area contributed by atoms with Crippen LogP contribution in [0.1, 0.15) is 60.3 Å². The smallest absolute Gasteiger partial charge is 0.0648 e. The topological polar surface area (TPSA) is 29.5 Å². The van der Waals surface area contributed by atoms with E-state index in [4.69, 9.17) is 9.84 Å². The van der Waals surface area contributed by atoms with Crippen LogP contribution in [0.3, 0.4) is 0 Å². The van der Waals surface area contributed by atoms with Gasteiger partial charge in [0.05, 0.1) is 5.60 Å². The second-order valence-corrected chi connectivity index (χ2v) is 5.35. The third-order valence-corrected chi connectivity index (χ3v) is 3.62. The van der Waals surface area contributed by atoms with Gasteiger partial charge in [0.1, 0.15) is 0 Å². The van der Waals surface area contributed by atoms with Gasteiger partial charge in [-0.05, 0) is 32.1 Å². The van der Waals surface area contributed by atoms with E-state index < -0.39 is 0 Å². The molecule has 0 radical (unpaired) electrons. The summed E-state index contributed by atoms with van der Waals surface area (Å²) >= 11 is 0. The first kappa shape index (κ1) is 14.9. The van der Waals surface area contributed by atoms with Gasteiger partial charge in [-0.2, -0.15) is 0 Å². The van der Waals surface area contributed by atoms with Crippen molar-refractivity contribution in [3.05, 3.63) is 0 Å². The zero-order valence-corrected chi connectivity index (χ0v) is 11.1. The van der Waals surface area contributed by atoms with Crippen LogP contribution >= 0.6 is 0 Å². The highest BCUT2D eigenvalue weighted by Gasteiger charge is 2.22.